The Balaban J connectivity index is 1.76. The van der Waals surface area contributed by atoms with Crippen molar-refractivity contribution in [2.24, 2.45) is 0 Å². The Kier molecular flexibility index (Phi) is 5.98. The molecule has 146 valence electrons. The van der Waals surface area contributed by atoms with Gasteiger partial charge in [-0.2, -0.15) is 0 Å². The highest BCUT2D eigenvalue weighted by Gasteiger charge is 2.16. The van der Waals surface area contributed by atoms with Crippen LogP contribution in [0.25, 0.3) is 10.9 Å². The highest BCUT2D eigenvalue weighted by Crippen LogP contribution is 2.27. The molecule has 1 heterocycles. The Morgan fingerprint density at radius 1 is 1.14 bits per heavy atom. The molecule has 8 heteroatoms. The second kappa shape index (κ2) is 8.26. The number of para-hydroxylation sites is 1. The summed E-state index contributed by atoms with van der Waals surface area (Å²) in [5, 5.41) is 1.40. The largest absolute Gasteiger partial charge is 0.456 e. The SMILES string of the molecule is CCNS(=O)(=O)c1ccc(C(=O)OCc2nc3ccccc3c(C)c2Cl)cc1. The number of rotatable bonds is 6. The summed E-state index contributed by atoms with van der Waals surface area (Å²) in [6.07, 6.45) is 0. The Bertz CT molecular complexity index is 1130. The number of fused-ring (bicyclic) bond motifs is 1. The lowest BCUT2D eigenvalue weighted by atomic mass is 10.1. The van der Waals surface area contributed by atoms with E-state index in [-0.39, 0.29) is 23.6 Å². The minimum atomic E-state index is -3.57. The molecule has 0 unspecified atom stereocenters. The molecule has 0 aliphatic carbocycles. The van der Waals surface area contributed by atoms with Crippen molar-refractivity contribution in [3.05, 3.63) is 70.4 Å². The van der Waals surface area contributed by atoms with Gasteiger partial charge in [0.2, 0.25) is 10.0 Å². The van der Waals surface area contributed by atoms with Gasteiger partial charge < -0.3 is 4.74 Å². The van der Waals surface area contributed by atoms with Crippen molar-refractivity contribution in [3.63, 3.8) is 0 Å². The number of esters is 1. The average molecular weight is 419 g/mol. The van der Waals surface area contributed by atoms with Crippen LogP contribution in [0.4, 0.5) is 0 Å². The normalized spacial score (nSPS) is 11.5. The first-order valence-corrected chi connectivity index (χ1v) is 10.5. The van der Waals surface area contributed by atoms with Gasteiger partial charge in [-0.1, -0.05) is 36.7 Å². The van der Waals surface area contributed by atoms with Crippen molar-refractivity contribution in [2.75, 3.05) is 6.54 Å². The van der Waals surface area contributed by atoms with Crippen LogP contribution in [0.5, 0.6) is 0 Å². The predicted octanol–water partition coefficient (Wildman–Crippen LogP) is 3.85. The van der Waals surface area contributed by atoms with E-state index in [1.807, 2.05) is 31.2 Å². The Hall–Kier alpha value is -2.48. The predicted molar refractivity (Wildman–Crippen MR) is 108 cm³/mol. The number of hydrogen-bond donors (Lipinski definition) is 1. The maximum atomic E-state index is 12.3. The number of hydrogen-bond acceptors (Lipinski definition) is 5. The number of nitrogens with one attached hydrogen (secondary N) is 1. The van der Waals surface area contributed by atoms with Crippen LogP contribution in [0, 0.1) is 6.92 Å². The molecule has 2 aromatic carbocycles. The van der Waals surface area contributed by atoms with Crippen LogP contribution in [0.15, 0.2) is 53.4 Å². The molecule has 0 spiro atoms. The van der Waals surface area contributed by atoms with Crippen molar-refractivity contribution in [1.82, 2.24) is 9.71 Å². The minimum Gasteiger partial charge on any atom is -0.456 e. The Labute approximate surface area is 168 Å². The molecule has 0 bridgehead atoms. The summed E-state index contributed by atoms with van der Waals surface area (Å²) in [6, 6.07) is 13.1. The van der Waals surface area contributed by atoms with Gasteiger partial charge in [-0.05, 0) is 42.8 Å². The van der Waals surface area contributed by atoms with Crippen LogP contribution < -0.4 is 4.72 Å². The molecule has 28 heavy (non-hydrogen) atoms. The van der Waals surface area contributed by atoms with E-state index in [0.29, 0.717) is 10.7 Å². The van der Waals surface area contributed by atoms with Crippen LogP contribution >= 0.6 is 11.6 Å². The zero-order valence-electron chi connectivity index (χ0n) is 15.4. The summed E-state index contributed by atoms with van der Waals surface area (Å²) in [4.78, 5) is 16.9. The molecular weight excluding hydrogens is 400 g/mol. The van der Waals surface area contributed by atoms with E-state index < -0.39 is 16.0 Å². The third-order valence-corrected chi connectivity index (χ3v) is 6.28. The van der Waals surface area contributed by atoms with Crippen molar-refractivity contribution in [1.29, 1.82) is 0 Å². The zero-order valence-corrected chi connectivity index (χ0v) is 17.0. The maximum Gasteiger partial charge on any atom is 0.338 e. The van der Waals surface area contributed by atoms with E-state index >= 15 is 0 Å². The first kappa shape index (κ1) is 20.3. The average Bonchev–Trinajstić information content (AvgIpc) is 2.69. The molecule has 1 N–H and O–H groups in total. The Morgan fingerprint density at radius 2 is 1.82 bits per heavy atom. The molecule has 6 nitrogen and oxygen atoms in total. The second-order valence-corrected chi connectivity index (χ2v) is 8.26. The molecule has 3 rings (SSSR count). The quantitative estimate of drug-likeness (QED) is 0.614. The number of aryl methyl sites for hydroxylation is 1. The van der Waals surface area contributed by atoms with E-state index in [1.165, 1.54) is 24.3 Å². The molecular formula is C20H19ClN2O4S. The van der Waals surface area contributed by atoms with Gasteiger partial charge in [0.25, 0.3) is 0 Å². The smallest absolute Gasteiger partial charge is 0.338 e. The summed E-state index contributed by atoms with van der Waals surface area (Å²) in [7, 11) is -3.57. The number of aromatic nitrogens is 1. The van der Waals surface area contributed by atoms with E-state index in [2.05, 4.69) is 9.71 Å². The van der Waals surface area contributed by atoms with Gasteiger partial charge in [0, 0.05) is 11.9 Å². The molecule has 0 aliphatic heterocycles. The summed E-state index contributed by atoms with van der Waals surface area (Å²) in [5.74, 6) is -0.587. The van der Waals surface area contributed by atoms with Crippen molar-refractivity contribution in [2.45, 2.75) is 25.3 Å². The monoisotopic (exact) mass is 418 g/mol. The molecule has 0 saturated heterocycles. The van der Waals surface area contributed by atoms with Crippen molar-refractivity contribution >= 4 is 38.5 Å². The van der Waals surface area contributed by atoms with Gasteiger partial charge in [0.15, 0.2) is 0 Å². The van der Waals surface area contributed by atoms with Gasteiger partial charge in [-0.25, -0.2) is 22.9 Å². The number of pyridine rings is 1. The molecule has 0 fully saturated rings. The number of nitrogens with zero attached hydrogens (tertiary/aromatic N) is 1. The van der Waals surface area contributed by atoms with E-state index in [1.54, 1.807) is 6.92 Å². The first-order valence-electron chi connectivity index (χ1n) is 8.64. The molecule has 0 saturated carbocycles. The number of ether oxygens (including phenoxy) is 1. The minimum absolute atomic E-state index is 0.0826. The van der Waals surface area contributed by atoms with Crippen LogP contribution in [0.1, 0.15) is 28.5 Å². The molecule has 0 amide bonds. The lowest BCUT2D eigenvalue weighted by Gasteiger charge is -2.11. The summed E-state index contributed by atoms with van der Waals surface area (Å²) in [6.45, 7) is 3.78. The van der Waals surface area contributed by atoms with E-state index in [0.717, 1.165) is 16.5 Å². The highest BCUT2D eigenvalue weighted by molar-refractivity contribution is 7.89. The third-order valence-electron chi connectivity index (χ3n) is 4.22. The van der Waals surface area contributed by atoms with Crippen molar-refractivity contribution in [3.8, 4) is 0 Å². The lowest BCUT2D eigenvalue weighted by Crippen LogP contribution is -2.23. The zero-order chi connectivity index (χ0) is 20.3. The van der Waals surface area contributed by atoms with Gasteiger partial charge in [-0.3, -0.25) is 0 Å². The maximum absolute atomic E-state index is 12.3. The van der Waals surface area contributed by atoms with Crippen molar-refractivity contribution < 1.29 is 17.9 Å². The van der Waals surface area contributed by atoms with E-state index in [4.69, 9.17) is 16.3 Å². The fraction of sp³-hybridized carbons (Fsp3) is 0.200. The van der Waals surface area contributed by atoms with Crippen LogP contribution in [-0.4, -0.2) is 25.9 Å². The topological polar surface area (TPSA) is 85.4 Å². The highest BCUT2D eigenvalue weighted by atomic mass is 35.5. The summed E-state index contributed by atoms with van der Waals surface area (Å²) in [5.41, 5.74) is 2.35. The van der Waals surface area contributed by atoms with Crippen LogP contribution in [0.2, 0.25) is 5.02 Å². The lowest BCUT2D eigenvalue weighted by molar-refractivity contribution is 0.0468. The first-order chi connectivity index (χ1) is 13.3. The van der Waals surface area contributed by atoms with Gasteiger partial charge in [-0.15, -0.1) is 0 Å². The molecule has 0 radical (unpaired) electrons. The number of carbonyl (C=O) groups excluding carboxylic acids is 1. The number of sulfonamides is 1. The van der Waals surface area contributed by atoms with Crippen LogP contribution in [-0.2, 0) is 21.4 Å². The molecule has 0 aliphatic rings. The second-order valence-electron chi connectivity index (χ2n) is 6.12. The van der Waals surface area contributed by atoms with Gasteiger partial charge >= 0.3 is 5.97 Å². The third kappa shape index (κ3) is 4.16. The fourth-order valence-corrected chi connectivity index (χ4v) is 4.01. The number of benzene rings is 2. The summed E-state index contributed by atoms with van der Waals surface area (Å²) < 4.78 is 31.6. The van der Waals surface area contributed by atoms with Gasteiger partial charge in [0.05, 0.1) is 26.7 Å². The Morgan fingerprint density at radius 3 is 2.50 bits per heavy atom. The molecule has 0 atom stereocenters. The van der Waals surface area contributed by atoms with Crippen LogP contribution in [0.3, 0.4) is 0 Å². The standard InChI is InChI=1S/C20H19ClN2O4S/c1-3-22-28(25,26)15-10-8-14(9-11-15)20(24)27-12-18-19(21)13(2)16-6-4-5-7-17(16)23-18/h4-11,22H,3,12H2,1-2H3. The van der Waals surface area contributed by atoms with Gasteiger partial charge in [0.1, 0.15) is 6.61 Å². The van der Waals surface area contributed by atoms with E-state index in [9.17, 15) is 13.2 Å². The molecule has 1 aromatic heterocycles. The molecule has 3 aromatic rings. The fourth-order valence-electron chi connectivity index (χ4n) is 2.77. The number of halogens is 1. The number of carbonyl (C=O) groups is 1. The summed E-state index contributed by atoms with van der Waals surface area (Å²) >= 11 is 6.37.